The maximum absolute atomic E-state index is 4.99. The topological polar surface area (TPSA) is 40.6 Å². The Bertz CT molecular complexity index is 330. The highest BCUT2D eigenvalue weighted by molar-refractivity contribution is 7.15. The van der Waals surface area contributed by atoms with E-state index in [1.54, 1.807) is 18.4 Å². The Morgan fingerprint density at radius 3 is 2.78 bits per heavy atom. The van der Waals surface area contributed by atoms with E-state index in [2.05, 4.69) is 41.2 Å². The van der Waals surface area contributed by atoms with Crippen molar-refractivity contribution in [2.45, 2.75) is 6.54 Å². The van der Waals surface area contributed by atoms with Crippen molar-refractivity contribution < 1.29 is 4.74 Å². The molecule has 1 aromatic heterocycles. The molecule has 0 saturated heterocycles. The zero-order chi connectivity index (χ0) is 13.4. The van der Waals surface area contributed by atoms with Crippen molar-refractivity contribution in [1.29, 1.82) is 0 Å². The van der Waals surface area contributed by atoms with Crippen LogP contribution in [0.1, 0.15) is 4.88 Å². The molecule has 0 aliphatic rings. The molecule has 18 heavy (non-hydrogen) atoms. The molecule has 0 aromatic carbocycles. The second kappa shape index (κ2) is 8.42. The second-order valence-corrected chi connectivity index (χ2v) is 5.60. The van der Waals surface area contributed by atoms with Gasteiger partial charge in [0.05, 0.1) is 6.61 Å². The van der Waals surface area contributed by atoms with E-state index in [4.69, 9.17) is 4.74 Å². The third-order valence-electron chi connectivity index (χ3n) is 2.53. The third-order valence-corrected chi connectivity index (χ3v) is 3.64. The Hall–Kier alpha value is -0.690. The molecule has 1 rings (SSSR count). The Kier molecular flexibility index (Phi) is 7.19. The van der Waals surface area contributed by atoms with Crippen LogP contribution in [0, 0.1) is 0 Å². The van der Waals surface area contributed by atoms with Crippen molar-refractivity contribution in [3.63, 3.8) is 0 Å². The van der Waals surface area contributed by atoms with Crippen molar-refractivity contribution in [1.82, 2.24) is 15.2 Å². The summed E-state index contributed by atoms with van der Waals surface area (Å²) >= 11 is 1.74. The van der Waals surface area contributed by atoms with Crippen molar-refractivity contribution in [3.8, 4) is 0 Å². The molecule has 0 fully saturated rings. The normalized spacial score (nSPS) is 11.2. The van der Waals surface area contributed by atoms with Crippen LogP contribution in [0.5, 0.6) is 0 Å². The average Bonchev–Trinajstić information content (AvgIpc) is 2.80. The smallest absolute Gasteiger partial charge is 0.185 e. The summed E-state index contributed by atoms with van der Waals surface area (Å²) in [6.45, 7) is 4.52. The first-order chi connectivity index (χ1) is 8.63. The molecule has 1 heterocycles. The predicted molar refractivity (Wildman–Crippen MR) is 77.5 cm³/mol. The zero-order valence-corrected chi connectivity index (χ0v) is 12.6. The number of nitrogens with zero attached hydrogens (tertiary/aromatic N) is 3. The fourth-order valence-electron chi connectivity index (χ4n) is 1.39. The first-order valence-corrected chi connectivity index (χ1v) is 6.95. The molecular formula is C12H24N4OS. The lowest BCUT2D eigenvalue weighted by molar-refractivity contribution is 0.199. The van der Waals surface area contributed by atoms with E-state index in [0.717, 1.165) is 37.9 Å². The average molecular weight is 272 g/mol. The molecular weight excluding hydrogens is 248 g/mol. The number of likely N-dealkylation sites (N-methyl/N-ethyl adjacent to an activating group) is 2. The van der Waals surface area contributed by atoms with Gasteiger partial charge in [0.25, 0.3) is 0 Å². The lowest BCUT2D eigenvalue weighted by Gasteiger charge is -2.18. The lowest BCUT2D eigenvalue weighted by Crippen LogP contribution is -2.28. The second-order valence-electron chi connectivity index (χ2n) is 4.50. The van der Waals surface area contributed by atoms with Gasteiger partial charge in [0.2, 0.25) is 0 Å². The Labute approximate surface area is 114 Å². The fraction of sp³-hybridized carbons (Fsp3) is 0.750. The first kappa shape index (κ1) is 15.4. The van der Waals surface area contributed by atoms with Crippen LogP contribution < -0.4 is 10.2 Å². The van der Waals surface area contributed by atoms with Crippen molar-refractivity contribution in [2.24, 2.45) is 0 Å². The third kappa shape index (κ3) is 5.77. The summed E-state index contributed by atoms with van der Waals surface area (Å²) in [6.07, 6.45) is 1.95. The summed E-state index contributed by atoms with van der Waals surface area (Å²) in [5.41, 5.74) is 0. The van der Waals surface area contributed by atoms with Gasteiger partial charge in [-0.2, -0.15) is 0 Å². The van der Waals surface area contributed by atoms with E-state index in [1.165, 1.54) is 4.88 Å². The molecule has 0 spiro atoms. The highest BCUT2D eigenvalue weighted by Crippen LogP contribution is 2.20. The van der Waals surface area contributed by atoms with Crippen LogP contribution >= 0.6 is 11.3 Å². The highest BCUT2D eigenvalue weighted by atomic mass is 32.1. The van der Waals surface area contributed by atoms with Crippen molar-refractivity contribution in [3.05, 3.63) is 11.1 Å². The van der Waals surface area contributed by atoms with Gasteiger partial charge in [0, 0.05) is 51.4 Å². The summed E-state index contributed by atoms with van der Waals surface area (Å²) in [5.74, 6) is 0. The molecule has 0 atom stereocenters. The van der Waals surface area contributed by atoms with E-state index in [0.29, 0.717) is 0 Å². The summed E-state index contributed by atoms with van der Waals surface area (Å²) in [4.78, 5) is 10.1. The largest absolute Gasteiger partial charge is 0.383 e. The SMILES string of the molecule is COCCNCc1cnc(N(C)CCN(C)C)s1. The maximum Gasteiger partial charge on any atom is 0.185 e. The number of nitrogens with one attached hydrogen (secondary N) is 1. The van der Waals surface area contributed by atoms with Crippen molar-refractivity contribution >= 4 is 16.5 Å². The molecule has 0 unspecified atom stereocenters. The number of anilines is 1. The fourth-order valence-corrected chi connectivity index (χ4v) is 2.25. The van der Waals surface area contributed by atoms with Gasteiger partial charge in [-0.3, -0.25) is 0 Å². The van der Waals surface area contributed by atoms with E-state index in [-0.39, 0.29) is 0 Å². The van der Waals surface area contributed by atoms with Crippen LogP contribution in [0.3, 0.4) is 0 Å². The van der Waals surface area contributed by atoms with Gasteiger partial charge in [0.1, 0.15) is 0 Å². The van der Waals surface area contributed by atoms with Gasteiger partial charge in [-0.15, -0.1) is 11.3 Å². The standard InChI is InChI=1S/C12H24N4OS/c1-15(2)6-7-16(3)12-14-10-11(18-12)9-13-5-8-17-4/h10,13H,5-9H2,1-4H3. The van der Waals surface area contributed by atoms with Crippen LogP contribution in [0.2, 0.25) is 0 Å². The van der Waals surface area contributed by atoms with Crippen LogP contribution in [0.4, 0.5) is 5.13 Å². The summed E-state index contributed by atoms with van der Waals surface area (Å²) in [7, 11) is 7.97. The van der Waals surface area contributed by atoms with Crippen LogP contribution in [-0.2, 0) is 11.3 Å². The minimum absolute atomic E-state index is 0.744. The van der Waals surface area contributed by atoms with Gasteiger partial charge in [-0.25, -0.2) is 4.98 Å². The van der Waals surface area contributed by atoms with Crippen LogP contribution in [0.25, 0.3) is 0 Å². The Morgan fingerprint density at radius 2 is 2.11 bits per heavy atom. The maximum atomic E-state index is 4.99. The minimum Gasteiger partial charge on any atom is -0.383 e. The number of rotatable bonds is 9. The molecule has 0 radical (unpaired) electrons. The van der Waals surface area contributed by atoms with Crippen molar-refractivity contribution in [2.75, 3.05) is 59.4 Å². The molecule has 1 aromatic rings. The number of methoxy groups -OCH3 is 1. The van der Waals surface area contributed by atoms with E-state index >= 15 is 0 Å². The predicted octanol–water partition coefficient (Wildman–Crippen LogP) is 0.877. The number of aromatic nitrogens is 1. The first-order valence-electron chi connectivity index (χ1n) is 6.13. The molecule has 0 amide bonds. The van der Waals surface area contributed by atoms with Gasteiger partial charge < -0.3 is 19.9 Å². The molecule has 5 nitrogen and oxygen atoms in total. The quantitative estimate of drug-likeness (QED) is 0.676. The number of hydrogen-bond donors (Lipinski definition) is 1. The van der Waals surface area contributed by atoms with Gasteiger partial charge in [0.15, 0.2) is 5.13 Å². The monoisotopic (exact) mass is 272 g/mol. The molecule has 0 aliphatic heterocycles. The molecule has 1 N–H and O–H groups in total. The highest BCUT2D eigenvalue weighted by Gasteiger charge is 2.06. The summed E-state index contributed by atoms with van der Waals surface area (Å²) in [5, 5.41) is 4.41. The minimum atomic E-state index is 0.744. The Morgan fingerprint density at radius 1 is 1.33 bits per heavy atom. The van der Waals surface area contributed by atoms with Gasteiger partial charge in [-0.1, -0.05) is 0 Å². The molecule has 0 aliphatic carbocycles. The number of hydrogen-bond acceptors (Lipinski definition) is 6. The molecule has 6 heteroatoms. The zero-order valence-electron chi connectivity index (χ0n) is 11.8. The van der Waals surface area contributed by atoms with Gasteiger partial charge in [-0.05, 0) is 14.1 Å². The summed E-state index contributed by atoms with van der Waals surface area (Å²) in [6, 6.07) is 0. The number of ether oxygens (including phenoxy) is 1. The Balaban J connectivity index is 2.32. The van der Waals surface area contributed by atoms with Crippen LogP contribution in [0.15, 0.2) is 6.20 Å². The molecule has 0 bridgehead atoms. The van der Waals surface area contributed by atoms with Crippen LogP contribution in [-0.4, -0.2) is 64.4 Å². The van der Waals surface area contributed by atoms with Gasteiger partial charge >= 0.3 is 0 Å². The lowest BCUT2D eigenvalue weighted by atomic mass is 10.5. The number of thiazole rings is 1. The molecule has 0 saturated carbocycles. The molecule has 104 valence electrons. The van der Waals surface area contributed by atoms with E-state index < -0.39 is 0 Å². The van der Waals surface area contributed by atoms with E-state index in [9.17, 15) is 0 Å². The summed E-state index contributed by atoms with van der Waals surface area (Å²) < 4.78 is 4.99. The van der Waals surface area contributed by atoms with E-state index in [1.807, 2.05) is 6.20 Å².